The van der Waals surface area contributed by atoms with Crippen molar-refractivity contribution in [2.45, 2.75) is 13.0 Å². The van der Waals surface area contributed by atoms with E-state index < -0.39 is 0 Å². The zero-order chi connectivity index (χ0) is 16.2. The zero-order valence-corrected chi connectivity index (χ0v) is 13.6. The number of carbonyl (C=O) groups is 1. The van der Waals surface area contributed by atoms with Gasteiger partial charge in [-0.1, -0.05) is 0 Å². The van der Waals surface area contributed by atoms with Gasteiger partial charge < -0.3 is 4.90 Å². The Labute approximate surface area is 137 Å². The van der Waals surface area contributed by atoms with Crippen LogP contribution in [0.3, 0.4) is 0 Å². The van der Waals surface area contributed by atoms with E-state index in [4.69, 9.17) is 0 Å². The normalized spacial score (nSPS) is 11.9. The quantitative estimate of drug-likeness (QED) is 0.737. The molecule has 0 aliphatic rings. The van der Waals surface area contributed by atoms with Crippen molar-refractivity contribution in [2.24, 2.45) is 0 Å². The minimum atomic E-state index is -0.134. The van der Waals surface area contributed by atoms with Crippen molar-refractivity contribution in [1.82, 2.24) is 24.8 Å². The fourth-order valence-corrected chi connectivity index (χ4v) is 2.81. The molecular formula is C16H15N5OS. The summed E-state index contributed by atoms with van der Waals surface area (Å²) in [7, 11) is 1.75. The molecule has 116 valence electrons. The van der Waals surface area contributed by atoms with E-state index >= 15 is 0 Å². The molecule has 1 amide bonds. The molecule has 3 aromatic heterocycles. The van der Waals surface area contributed by atoms with Gasteiger partial charge >= 0.3 is 0 Å². The summed E-state index contributed by atoms with van der Waals surface area (Å²) >= 11 is 1.53. The Morgan fingerprint density at radius 2 is 1.96 bits per heavy atom. The molecule has 0 aromatic carbocycles. The molecular weight excluding hydrogens is 310 g/mol. The van der Waals surface area contributed by atoms with Gasteiger partial charge in [-0.15, -0.1) is 11.3 Å². The second kappa shape index (κ2) is 6.62. The number of aromatic nitrogens is 4. The van der Waals surface area contributed by atoms with E-state index in [-0.39, 0.29) is 11.9 Å². The maximum absolute atomic E-state index is 12.5. The van der Waals surface area contributed by atoms with E-state index in [2.05, 4.69) is 19.9 Å². The molecule has 3 rings (SSSR count). The van der Waals surface area contributed by atoms with Crippen LogP contribution in [0.2, 0.25) is 0 Å². The second-order valence-corrected chi connectivity index (χ2v) is 5.93. The van der Waals surface area contributed by atoms with E-state index in [1.165, 1.54) is 11.3 Å². The predicted octanol–water partition coefficient (Wildman–Crippen LogP) is 2.83. The lowest BCUT2D eigenvalue weighted by Gasteiger charge is -2.23. The number of rotatable bonds is 4. The standard InChI is InChI=1S/C16H15N5OS/c1-11(15-18-6-7-23-15)21(2)16(22)13-9-19-14(20-10-13)12-4-3-5-17-8-12/h3-11H,1-2H3/t11-/m0/s1. The monoisotopic (exact) mass is 325 g/mol. The van der Waals surface area contributed by atoms with Crippen LogP contribution in [0.5, 0.6) is 0 Å². The maximum atomic E-state index is 12.5. The van der Waals surface area contributed by atoms with Crippen molar-refractivity contribution >= 4 is 17.2 Å². The first-order valence-electron chi connectivity index (χ1n) is 7.06. The van der Waals surface area contributed by atoms with Gasteiger partial charge in [0.15, 0.2) is 5.82 Å². The smallest absolute Gasteiger partial charge is 0.257 e. The van der Waals surface area contributed by atoms with Gasteiger partial charge in [0.2, 0.25) is 0 Å². The Bertz CT molecular complexity index is 774. The summed E-state index contributed by atoms with van der Waals surface area (Å²) in [6.45, 7) is 1.95. The number of pyridine rings is 1. The van der Waals surface area contributed by atoms with Gasteiger partial charge in [0, 0.05) is 49.0 Å². The van der Waals surface area contributed by atoms with E-state index in [9.17, 15) is 4.79 Å². The van der Waals surface area contributed by atoms with Crippen LogP contribution in [-0.2, 0) is 0 Å². The summed E-state index contributed by atoms with van der Waals surface area (Å²) in [6, 6.07) is 3.60. The van der Waals surface area contributed by atoms with E-state index in [1.54, 1.807) is 42.9 Å². The van der Waals surface area contributed by atoms with E-state index in [1.807, 2.05) is 24.4 Å². The molecule has 7 heteroatoms. The lowest BCUT2D eigenvalue weighted by molar-refractivity contribution is 0.0741. The van der Waals surface area contributed by atoms with Crippen LogP contribution in [0.25, 0.3) is 11.4 Å². The third-order valence-electron chi connectivity index (χ3n) is 3.53. The maximum Gasteiger partial charge on any atom is 0.257 e. The highest BCUT2D eigenvalue weighted by atomic mass is 32.1. The Balaban J connectivity index is 1.78. The van der Waals surface area contributed by atoms with Crippen molar-refractivity contribution in [1.29, 1.82) is 0 Å². The largest absolute Gasteiger partial charge is 0.332 e. The third-order valence-corrected chi connectivity index (χ3v) is 4.47. The molecule has 0 saturated heterocycles. The van der Waals surface area contributed by atoms with Crippen LogP contribution in [0, 0.1) is 0 Å². The fraction of sp³-hybridized carbons (Fsp3) is 0.188. The van der Waals surface area contributed by atoms with Crippen LogP contribution in [0.15, 0.2) is 48.5 Å². The van der Waals surface area contributed by atoms with Crippen molar-refractivity contribution in [2.75, 3.05) is 7.05 Å². The molecule has 0 unspecified atom stereocenters. The van der Waals surface area contributed by atoms with Crippen molar-refractivity contribution < 1.29 is 4.79 Å². The lowest BCUT2D eigenvalue weighted by atomic mass is 10.2. The molecule has 1 atom stereocenters. The minimum absolute atomic E-state index is 0.0968. The van der Waals surface area contributed by atoms with Crippen LogP contribution in [0.1, 0.15) is 28.3 Å². The topological polar surface area (TPSA) is 71.9 Å². The Morgan fingerprint density at radius 1 is 1.17 bits per heavy atom. The molecule has 3 heterocycles. The van der Waals surface area contributed by atoms with Crippen molar-refractivity contribution in [3.63, 3.8) is 0 Å². The van der Waals surface area contributed by atoms with Crippen LogP contribution in [-0.4, -0.2) is 37.8 Å². The molecule has 3 aromatic rings. The average molecular weight is 325 g/mol. The zero-order valence-electron chi connectivity index (χ0n) is 12.7. The molecule has 0 bridgehead atoms. The highest BCUT2D eigenvalue weighted by Gasteiger charge is 2.21. The van der Waals surface area contributed by atoms with Gasteiger partial charge in [-0.05, 0) is 19.1 Å². The molecule has 6 nitrogen and oxygen atoms in total. The highest BCUT2D eigenvalue weighted by molar-refractivity contribution is 7.09. The van der Waals surface area contributed by atoms with Crippen molar-refractivity contribution in [3.8, 4) is 11.4 Å². The predicted molar refractivity (Wildman–Crippen MR) is 87.9 cm³/mol. The first kappa shape index (κ1) is 15.2. The van der Waals surface area contributed by atoms with Crippen LogP contribution in [0.4, 0.5) is 0 Å². The summed E-state index contributed by atoms with van der Waals surface area (Å²) in [4.78, 5) is 31.0. The van der Waals surface area contributed by atoms with Gasteiger partial charge in [0.05, 0.1) is 11.6 Å². The lowest BCUT2D eigenvalue weighted by Crippen LogP contribution is -2.29. The summed E-state index contributed by atoms with van der Waals surface area (Å²) in [5.41, 5.74) is 1.26. The highest BCUT2D eigenvalue weighted by Crippen LogP contribution is 2.22. The second-order valence-electron chi connectivity index (χ2n) is 5.00. The molecule has 0 radical (unpaired) electrons. The van der Waals surface area contributed by atoms with Gasteiger partial charge in [-0.25, -0.2) is 15.0 Å². The Hall–Kier alpha value is -2.67. The summed E-state index contributed by atoms with van der Waals surface area (Å²) in [5.74, 6) is 0.413. The fourth-order valence-electron chi connectivity index (χ4n) is 2.07. The Morgan fingerprint density at radius 3 is 2.57 bits per heavy atom. The van der Waals surface area contributed by atoms with Gasteiger partial charge in [0.1, 0.15) is 5.01 Å². The molecule has 0 aliphatic carbocycles. The molecule has 0 spiro atoms. The van der Waals surface area contributed by atoms with Gasteiger partial charge in [-0.2, -0.15) is 0 Å². The minimum Gasteiger partial charge on any atom is -0.332 e. The summed E-state index contributed by atoms with van der Waals surface area (Å²) in [5, 5.41) is 2.80. The summed E-state index contributed by atoms with van der Waals surface area (Å²) < 4.78 is 0. The third kappa shape index (κ3) is 3.24. The number of nitrogens with zero attached hydrogens (tertiary/aromatic N) is 5. The number of carbonyl (C=O) groups excluding carboxylic acids is 1. The van der Waals surface area contributed by atoms with Gasteiger partial charge in [0.25, 0.3) is 5.91 Å². The molecule has 0 saturated carbocycles. The SMILES string of the molecule is C[C@@H](c1nccs1)N(C)C(=O)c1cnc(-c2cccnc2)nc1. The molecule has 0 aliphatic heterocycles. The average Bonchev–Trinajstić information content (AvgIpc) is 3.15. The van der Waals surface area contributed by atoms with Crippen LogP contribution < -0.4 is 0 Å². The number of hydrogen-bond donors (Lipinski definition) is 0. The van der Waals surface area contributed by atoms with Gasteiger partial charge in [-0.3, -0.25) is 9.78 Å². The first-order valence-corrected chi connectivity index (χ1v) is 7.94. The van der Waals surface area contributed by atoms with Crippen molar-refractivity contribution in [3.05, 3.63) is 59.1 Å². The van der Waals surface area contributed by atoms with E-state index in [0.717, 1.165) is 10.6 Å². The van der Waals surface area contributed by atoms with Crippen LogP contribution >= 0.6 is 11.3 Å². The number of amides is 1. The van der Waals surface area contributed by atoms with E-state index in [0.29, 0.717) is 11.4 Å². The molecule has 0 fully saturated rings. The first-order chi connectivity index (χ1) is 11.2. The molecule has 23 heavy (non-hydrogen) atoms. The number of hydrogen-bond acceptors (Lipinski definition) is 6. The summed E-state index contributed by atoms with van der Waals surface area (Å²) in [6.07, 6.45) is 8.20. The Kier molecular flexibility index (Phi) is 4.38. The molecule has 0 N–H and O–H groups in total. The number of thiazole rings is 1.